The number of rotatable bonds is 3. The number of nitriles is 1. The lowest BCUT2D eigenvalue weighted by atomic mass is 10.1. The van der Waals surface area contributed by atoms with E-state index in [9.17, 15) is 0 Å². The zero-order valence-corrected chi connectivity index (χ0v) is 11.0. The monoisotopic (exact) mass is 252 g/mol. The summed E-state index contributed by atoms with van der Waals surface area (Å²) in [6, 6.07) is 11.5. The third kappa shape index (κ3) is 3.02. The van der Waals surface area contributed by atoms with Crippen molar-refractivity contribution in [2.45, 2.75) is 19.9 Å². The fourth-order valence-corrected chi connectivity index (χ4v) is 1.85. The molecule has 4 heteroatoms. The van der Waals surface area contributed by atoms with E-state index in [4.69, 9.17) is 11.0 Å². The molecule has 0 bridgehead atoms. The van der Waals surface area contributed by atoms with Crippen LogP contribution >= 0.6 is 0 Å². The Hall–Kier alpha value is -2.54. The van der Waals surface area contributed by atoms with Gasteiger partial charge in [0.2, 0.25) is 0 Å². The van der Waals surface area contributed by atoms with Crippen molar-refractivity contribution in [2.75, 3.05) is 11.1 Å². The van der Waals surface area contributed by atoms with E-state index in [-0.39, 0.29) is 6.04 Å². The van der Waals surface area contributed by atoms with Gasteiger partial charge in [-0.05, 0) is 43.2 Å². The van der Waals surface area contributed by atoms with Crippen molar-refractivity contribution in [3.63, 3.8) is 0 Å². The van der Waals surface area contributed by atoms with Crippen LogP contribution in [-0.4, -0.2) is 4.98 Å². The maximum absolute atomic E-state index is 8.77. The van der Waals surface area contributed by atoms with Crippen LogP contribution in [-0.2, 0) is 0 Å². The molecule has 19 heavy (non-hydrogen) atoms. The lowest BCUT2D eigenvalue weighted by molar-refractivity contribution is 0.875. The lowest BCUT2D eigenvalue weighted by Gasteiger charge is -2.16. The van der Waals surface area contributed by atoms with E-state index in [1.165, 1.54) is 0 Å². The van der Waals surface area contributed by atoms with Crippen LogP contribution in [0.4, 0.5) is 11.5 Å². The fraction of sp³-hybridized carbons (Fsp3) is 0.200. The number of hydrogen-bond donors (Lipinski definition) is 2. The maximum atomic E-state index is 8.77. The van der Waals surface area contributed by atoms with E-state index >= 15 is 0 Å². The quantitative estimate of drug-likeness (QED) is 0.880. The van der Waals surface area contributed by atoms with Crippen LogP contribution in [0.5, 0.6) is 0 Å². The molecule has 4 nitrogen and oxygen atoms in total. The Kier molecular flexibility index (Phi) is 3.67. The summed E-state index contributed by atoms with van der Waals surface area (Å²) in [6.07, 6.45) is 1.78. The van der Waals surface area contributed by atoms with Gasteiger partial charge in [0, 0.05) is 6.20 Å². The molecule has 0 fully saturated rings. The van der Waals surface area contributed by atoms with Gasteiger partial charge in [0.15, 0.2) is 0 Å². The highest BCUT2D eigenvalue weighted by atomic mass is 15.0. The van der Waals surface area contributed by atoms with E-state index < -0.39 is 0 Å². The predicted molar refractivity (Wildman–Crippen MR) is 76.6 cm³/mol. The van der Waals surface area contributed by atoms with Crippen molar-refractivity contribution in [2.24, 2.45) is 0 Å². The van der Waals surface area contributed by atoms with Crippen LogP contribution in [0.25, 0.3) is 0 Å². The van der Waals surface area contributed by atoms with Crippen LogP contribution in [0.1, 0.15) is 29.7 Å². The van der Waals surface area contributed by atoms with Crippen molar-refractivity contribution in [3.8, 4) is 6.07 Å². The summed E-state index contributed by atoms with van der Waals surface area (Å²) in [6.45, 7) is 3.99. The summed E-state index contributed by atoms with van der Waals surface area (Å²) in [5.41, 5.74) is 9.34. The molecule has 2 rings (SSSR count). The van der Waals surface area contributed by atoms with E-state index in [1.54, 1.807) is 18.3 Å². The number of aryl methyl sites for hydroxylation is 1. The molecule has 0 aliphatic heterocycles. The average Bonchev–Trinajstić information content (AvgIpc) is 2.42. The normalized spacial score (nSPS) is 11.6. The fourth-order valence-electron chi connectivity index (χ4n) is 1.85. The van der Waals surface area contributed by atoms with Gasteiger partial charge in [-0.25, -0.2) is 4.98 Å². The van der Waals surface area contributed by atoms with Crippen molar-refractivity contribution < 1.29 is 0 Å². The topological polar surface area (TPSA) is 74.7 Å². The summed E-state index contributed by atoms with van der Waals surface area (Å²) < 4.78 is 0. The van der Waals surface area contributed by atoms with Gasteiger partial charge in [0.05, 0.1) is 23.4 Å². The average molecular weight is 252 g/mol. The van der Waals surface area contributed by atoms with Crippen molar-refractivity contribution in [1.29, 1.82) is 5.26 Å². The van der Waals surface area contributed by atoms with E-state index in [0.717, 1.165) is 11.1 Å². The molecular weight excluding hydrogens is 236 g/mol. The van der Waals surface area contributed by atoms with Crippen LogP contribution < -0.4 is 11.1 Å². The molecule has 1 aromatic heterocycles. The smallest absolute Gasteiger partial charge is 0.149 e. The molecule has 2 aromatic rings. The Labute approximate surface area is 112 Å². The SMILES string of the molecule is Cc1cnc(NC(C)c2ccc(C#N)cc2)c(N)c1. The summed E-state index contributed by atoms with van der Waals surface area (Å²) in [5.74, 6) is 0.683. The highest BCUT2D eigenvalue weighted by Gasteiger charge is 2.08. The Morgan fingerprint density at radius 3 is 2.58 bits per heavy atom. The molecule has 0 aliphatic carbocycles. The van der Waals surface area contributed by atoms with Crippen LogP contribution in [0.15, 0.2) is 36.5 Å². The molecule has 1 heterocycles. The number of hydrogen-bond acceptors (Lipinski definition) is 4. The van der Waals surface area contributed by atoms with Crippen LogP contribution in [0.2, 0.25) is 0 Å². The number of benzene rings is 1. The number of nitrogen functional groups attached to an aromatic ring is 1. The van der Waals surface area contributed by atoms with Gasteiger partial charge in [-0.3, -0.25) is 0 Å². The van der Waals surface area contributed by atoms with Crippen molar-refractivity contribution >= 4 is 11.5 Å². The molecule has 1 atom stereocenters. The standard InChI is InChI=1S/C15H16N4/c1-10-7-14(17)15(18-9-10)19-11(2)13-5-3-12(8-16)4-6-13/h3-7,9,11H,17H2,1-2H3,(H,18,19). The third-order valence-electron chi connectivity index (χ3n) is 2.95. The molecule has 0 saturated heterocycles. The first-order valence-corrected chi connectivity index (χ1v) is 6.09. The first-order valence-electron chi connectivity index (χ1n) is 6.09. The Morgan fingerprint density at radius 2 is 2.00 bits per heavy atom. The maximum Gasteiger partial charge on any atom is 0.149 e. The second kappa shape index (κ2) is 5.40. The number of nitrogens with zero attached hydrogens (tertiary/aromatic N) is 2. The number of nitrogens with two attached hydrogens (primary N) is 1. The highest BCUT2D eigenvalue weighted by molar-refractivity contribution is 5.62. The largest absolute Gasteiger partial charge is 0.396 e. The van der Waals surface area contributed by atoms with Gasteiger partial charge in [-0.2, -0.15) is 5.26 Å². The summed E-state index contributed by atoms with van der Waals surface area (Å²) in [7, 11) is 0. The van der Waals surface area contributed by atoms with Gasteiger partial charge >= 0.3 is 0 Å². The van der Waals surface area contributed by atoms with Gasteiger partial charge < -0.3 is 11.1 Å². The minimum atomic E-state index is 0.0743. The van der Waals surface area contributed by atoms with E-state index in [0.29, 0.717) is 17.1 Å². The second-order valence-electron chi connectivity index (χ2n) is 4.55. The van der Waals surface area contributed by atoms with Gasteiger partial charge in [-0.1, -0.05) is 12.1 Å². The van der Waals surface area contributed by atoms with Crippen molar-refractivity contribution in [3.05, 3.63) is 53.2 Å². The summed E-state index contributed by atoms with van der Waals surface area (Å²) in [4.78, 5) is 4.29. The van der Waals surface area contributed by atoms with Gasteiger partial charge in [0.25, 0.3) is 0 Å². The number of anilines is 2. The molecule has 0 amide bonds. The summed E-state index contributed by atoms with van der Waals surface area (Å²) in [5, 5.41) is 12.0. The van der Waals surface area contributed by atoms with Crippen LogP contribution in [0.3, 0.4) is 0 Å². The molecule has 1 unspecified atom stereocenters. The first kappa shape index (κ1) is 12.9. The second-order valence-corrected chi connectivity index (χ2v) is 4.55. The first-order chi connectivity index (χ1) is 9.10. The minimum Gasteiger partial charge on any atom is -0.396 e. The third-order valence-corrected chi connectivity index (χ3v) is 2.95. The lowest BCUT2D eigenvalue weighted by Crippen LogP contribution is -2.10. The molecule has 0 radical (unpaired) electrons. The molecule has 3 N–H and O–H groups in total. The summed E-state index contributed by atoms with van der Waals surface area (Å²) >= 11 is 0. The molecular formula is C15H16N4. The van der Waals surface area contributed by atoms with Crippen molar-refractivity contribution in [1.82, 2.24) is 4.98 Å². The zero-order chi connectivity index (χ0) is 13.8. The van der Waals surface area contributed by atoms with E-state index in [2.05, 4.69) is 16.4 Å². The minimum absolute atomic E-state index is 0.0743. The Balaban J connectivity index is 2.16. The van der Waals surface area contributed by atoms with E-state index in [1.807, 2.05) is 32.0 Å². The Bertz CT molecular complexity index is 611. The van der Waals surface area contributed by atoms with Crippen LogP contribution in [0, 0.1) is 18.3 Å². The number of aromatic nitrogens is 1. The highest BCUT2D eigenvalue weighted by Crippen LogP contribution is 2.22. The number of nitrogens with one attached hydrogen (secondary N) is 1. The number of pyridine rings is 1. The molecule has 0 saturated carbocycles. The molecule has 1 aromatic carbocycles. The van der Waals surface area contributed by atoms with Gasteiger partial charge in [0.1, 0.15) is 5.82 Å². The Morgan fingerprint density at radius 1 is 1.32 bits per heavy atom. The zero-order valence-electron chi connectivity index (χ0n) is 11.0. The molecule has 0 spiro atoms. The molecule has 96 valence electrons. The van der Waals surface area contributed by atoms with Gasteiger partial charge in [-0.15, -0.1) is 0 Å². The predicted octanol–water partition coefficient (Wildman–Crippen LogP) is 3.02. The molecule has 0 aliphatic rings.